The molecule has 0 aliphatic carbocycles. The maximum absolute atomic E-state index is 5.94. The van der Waals surface area contributed by atoms with Gasteiger partial charge in [-0.2, -0.15) is 0 Å². The summed E-state index contributed by atoms with van der Waals surface area (Å²) < 4.78 is 6.62. The van der Waals surface area contributed by atoms with Gasteiger partial charge in [0.25, 0.3) is 0 Å². The zero-order valence-corrected chi connectivity index (χ0v) is 12.4. The second-order valence-corrected chi connectivity index (χ2v) is 5.37. The van der Waals surface area contributed by atoms with Gasteiger partial charge in [-0.1, -0.05) is 19.1 Å². The molecule has 0 bridgehead atoms. The van der Waals surface area contributed by atoms with Gasteiger partial charge in [-0.3, -0.25) is 4.98 Å². The lowest BCUT2D eigenvalue weighted by Gasteiger charge is -2.10. The number of halogens is 1. The van der Waals surface area contributed by atoms with E-state index in [0.29, 0.717) is 5.75 Å². The largest absolute Gasteiger partial charge is 0.456 e. The number of nitrogens with zero attached hydrogens (tertiary/aromatic N) is 1. The van der Waals surface area contributed by atoms with Crippen LogP contribution in [-0.2, 0) is 6.42 Å². The van der Waals surface area contributed by atoms with Crippen molar-refractivity contribution >= 4 is 15.9 Å². The van der Waals surface area contributed by atoms with Crippen LogP contribution < -0.4 is 10.5 Å². The van der Waals surface area contributed by atoms with Gasteiger partial charge in [-0.05, 0) is 52.5 Å². The van der Waals surface area contributed by atoms with Gasteiger partial charge in [0.1, 0.15) is 11.5 Å². The van der Waals surface area contributed by atoms with Crippen LogP contribution >= 0.6 is 15.9 Å². The van der Waals surface area contributed by atoms with E-state index < -0.39 is 0 Å². The molecule has 4 heteroatoms. The van der Waals surface area contributed by atoms with E-state index in [1.165, 1.54) is 5.56 Å². The highest BCUT2D eigenvalue weighted by atomic mass is 79.9. The van der Waals surface area contributed by atoms with Crippen molar-refractivity contribution < 1.29 is 4.74 Å². The summed E-state index contributed by atoms with van der Waals surface area (Å²) in [6, 6.07) is 10.1. The third-order valence-electron chi connectivity index (χ3n) is 2.86. The van der Waals surface area contributed by atoms with Crippen molar-refractivity contribution in [2.45, 2.75) is 25.8 Å². The number of aromatic nitrogens is 1. The van der Waals surface area contributed by atoms with Gasteiger partial charge in [-0.25, -0.2) is 0 Å². The van der Waals surface area contributed by atoms with E-state index in [1.54, 1.807) is 12.4 Å². The predicted octanol–water partition coefficient (Wildman–Crippen LogP) is 3.92. The number of hydrogen-bond acceptors (Lipinski definition) is 3. The van der Waals surface area contributed by atoms with E-state index in [2.05, 4.69) is 40.0 Å². The number of ether oxygens (including phenoxy) is 1. The molecule has 2 N–H and O–H groups in total. The third kappa shape index (κ3) is 4.33. The molecule has 0 radical (unpaired) electrons. The van der Waals surface area contributed by atoms with Crippen molar-refractivity contribution in [2.24, 2.45) is 5.73 Å². The molecule has 0 saturated heterocycles. The average Bonchev–Trinajstić information content (AvgIpc) is 2.41. The highest BCUT2D eigenvalue weighted by molar-refractivity contribution is 9.10. The minimum absolute atomic E-state index is 0.223. The lowest BCUT2D eigenvalue weighted by atomic mass is 10.0. The SMILES string of the molecule is CCC(N)Cc1ccc(Oc2cncc(Br)c2)cc1. The Morgan fingerprint density at radius 2 is 1.95 bits per heavy atom. The van der Waals surface area contributed by atoms with Crippen LogP contribution in [0.15, 0.2) is 47.2 Å². The van der Waals surface area contributed by atoms with Crippen molar-refractivity contribution in [2.75, 3.05) is 0 Å². The second kappa shape index (κ2) is 6.68. The molecule has 0 amide bonds. The Hall–Kier alpha value is -1.39. The minimum Gasteiger partial charge on any atom is -0.456 e. The van der Waals surface area contributed by atoms with Crippen LogP contribution in [0.5, 0.6) is 11.5 Å². The topological polar surface area (TPSA) is 48.1 Å². The Kier molecular flexibility index (Phi) is 4.93. The van der Waals surface area contributed by atoms with Gasteiger partial charge in [0.05, 0.1) is 6.20 Å². The van der Waals surface area contributed by atoms with E-state index in [9.17, 15) is 0 Å². The molecule has 1 aromatic heterocycles. The molecule has 1 aromatic carbocycles. The van der Waals surface area contributed by atoms with E-state index in [-0.39, 0.29) is 6.04 Å². The molecule has 3 nitrogen and oxygen atoms in total. The minimum atomic E-state index is 0.223. The van der Waals surface area contributed by atoms with Gasteiger partial charge >= 0.3 is 0 Å². The molecule has 0 aliphatic rings. The molecule has 1 atom stereocenters. The fourth-order valence-corrected chi connectivity index (χ4v) is 2.07. The lowest BCUT2D eigenvalue weighted by Crippen LogP contribution is -2.21. The number of rotatable bonds is 5. The van der Waals surface area contributed by atoms with Crippen LogP contribution in [0.2, 0.25) is 0 Å². The summed E-state index contributed by atoms with van der Waals surface area (Å²) in [5, 5.41) is 0. The first-order chi connectivity index (χ1) is 9.17. The fourth-order valence-electron chi connectivity index (χ4n) is 1.72. The van der Waals surface area contributed by atoms with Crippen molar-refractivity contribution in [1.82, 2.24) is 4.98 Å². The van der Waals surface area contributed by atoms with Crippen LogP contribution in [0.3, 0.4) is 0 Å². The number of nitrogens with two attached hydrogens (primary N) is 1. The van der Waals surface area contributed by atoms with Crippen LogP contribution in [0.25, 0.3) is 0 Å². The molecular formula is C15H17BrN2O. The number of benzene rings is 1. The molecule has 0 fully saturated rings. The first-order valence-corrected chi connectivity index (χ1v) is 7.09. The molecular weight excluding hydrogens is 304 g/mol. The monoisotopic (exact) mass is 320 g/mol. The molecule has 100 valence electrons. The molecule has 0 spiro atoms. The predicted molar refractivity (Wildman–Crippen MR) is 80.4 cm³/mol. The number of hydrogen-bond donors (Lipinski definition) is 1. The highest BCUT2D eigenvalue weighted by Crippen LogP contribution is 2.23. The standard InChI is InChI=1S/C15H17BrN2O/c1-2-13(17)7-11-3-5-14(6-4-11)19-15-8-12(16)9-18-10-15/h3-6,8-10,13H,2,7,17H2,1H3. The summed E-state index contributed by atoms with van der Waals surface area (Å²) in [5.74, 6) is 1.51. The van der Waals surface area contributed by atoms with E-state index in [4.69, 9.17) is 10.5 Å². The summed E-state index contributed by atoms with van der Waals surface area (Å²) in [7, 11) is 0. The first-order valence-electron chi connectivity index (χ1n) is 6.30. The third-order valence-corrected chi connectivity index (χ3v) is 3.29. The van der Waals surface area contributed by atoms with Gasteiger partial charge < -0.3 is 10.5 Å². The maximum Gasteiger partial charge on any atom is 0.146 e. The molecule has 2 rings (SSSR count). The average molecular weight is 321 g/mol. The summed E-state index contributed by atoms with van der Waals surface area (Å²) in [6.45, 7) is 2.10. The quantitative estimate of drug-likeness (QED) is 0.908. The molecule has 0 aliphatic heterocycles. The molecule has 19 heavy (non-hydrogen) atoms. The maximum atomic E-state index is 5.94. The van der Waals surface area contributed by atoms with Crippen molar-refractivity contribution in [3.8, 4) is 11.5 Å². The van der Waals surface area contributed by atoms with E-state index in [1.807, 2.05) is 18.2 Å². The van der Waals surface area contributed by atoms with Gasteiger partial charge in [0.15, 0.2) is 0 Å². The second-order valence-electron chi connectivity index (χ2n) is 4.46. The van der Waals surface area contributed by atoms with E-state index >= 15 is 0 Å². The molecule has 0 saturated carbocycles. The van der Waals surface area contributed by atoms with Crippen LogP contribution in [-0.4, -0.2) is 11.0 Å². The zero-order valence-electron chi connectivity index (χ0n) is 10.8. The fraction of sp³-hybridized carbons (Fsp3) is 0.267. The summed E-state index contributed by atoms with van der Waals surface area (Å²) in [6.07, 6.45) is 5.30. The van der Waals surface area contributed by atoms with Crippen molar-refractivity contribution in [3.05, 3.63) is 52.8 Å². The normalized spacial score (nSPS) is 12.2. The first kappa shape index (κ1) is 14.0. The summed E-state index contributed by atoms with van der Waals surface area (Å²) in [5.41, 5.74) is 7.17. The van der Waals surface area contributed by atoms with Gasteiger partial charge in [-0.15, -0.1) is 0 Å². The van der Waals surface area contributed by atoms with Crippen LogP contribution in [0, 0.1) is 0 Å². The van der Waals surface area contributed by atoms with Crippen LogP contribution in [0.4, 0.5) is 0 Å². The molecule has 1 heterocycles. The zero-order chi connectivity index (χ0) is 13.7. The highest BCUT2D eigenvalue weighted by Gasteiger charge is 2.03. The summed E-state index contributed by atoms with van der Waals surface area (Å²) in [4.78, 5) is 4.06. The smallest absolute Gasteiger partial charge is 0.146 e. The Balaban J connectivity index is 2.02. The Labute approximate surface area is 121 Å². The van der Waals surface area contributed by atoms with Crippen LogP contribution in [0.1, 0.15) is 18.9 Å². The lowest BCUT2D eigenvalue weighted by molar-refractivity contribution is 0.479. The van der Waals surface area contributed by atoms with Crippen molar-refractivity contribution in [1.29, 1.82) is 0 Å². The Morgan fingerprint density at radius 3 is 2.58 bits per heavy atom. The molecule has 2 aromatic rings. The summed E-state index contributed by atoms with van der Waals surface area (Å²) >= 11 is 3.37. The Morgan fingerprint density at radius 1 is 1.21 bits per heavy atom. The Bertz CT molecular complexity index is 528. The molecule has 1 unspecified atom stereocenters. The van der Waals surface area contributed by atoms with Crippen molar-refractivity contribution in [3.63, 3.8) is 0 Å². The van der Waals surface area contributed by atoms with Gasteiger partial charge in [0.2, 0.25) is 0 Å². The van der Waals surface area contributed by atoms with E-state index in [0.717, 1.165) is 23.1 Å². The van der Waals surface area contributed by atoms with Gasteiger partial charge in [0, 0.05) is 16.7 Å². The number of pyridine rings is 1.